The van der Waals surface area contributed by atoms with Crippen molar-refractivity contribution in [2.45, 2.75) is 57.5 Å². The van der Waals surface area contributed by atoms with E-state index in [1.54, 1.807) is 0 Å². The zero-order valence-electron chi connectivity index (χ0n) is 19.2. The number of amides is 3. The highest BCUT2D eigenvalue weighted by atomic mass is 32.2. The summed E-state index contributed by atoms with van der Waals surface area (Å²) in [5.74, 6) is -1.95. The fourth-order valence-electron chi connectivity index (χ4n) is 5.33. The van der Waals surface area contributed by atoms with E-state index in [0.717, 1.165) is 22.0 Å². The Morgan fingerprint density at radius 2 is 1.70 bits per heavy atom. The first-order valence-electron chi connectivity index (χ1n) is 10.9. The van der Waals surface area contributed by atoms with Crippen molar-refractivity contribution >= 4 is 35.5 Å². The summed E-state index contributed by atoms with van der Waals surface area (Å²) in [5, 5.41) is 2.02. The summed E-state index contributed by atoms with van der Waals surface area (Å²) in [4.78, 5) is 52.9. The van der Waals surface area contributed by atoms with Crippen LogP contribution in [0.5, 0.6) is 0 Å². The van der Waals surface area contributed by atoms with E-state index in [1.165, 1.54) is 39.5 Å². The van der Waals surface area contributed by atoms with Crippen LogP contribution in [0.2, 0.25) is 0 Å². The van der Waals surface area contributed by atoms with Gasteiger partial charge in [-0.2, -0.15) is 13.2 Å². The molecular weight excluding hydrogens is 463 g/mol. The van der Waals surface area contributed by atoms with Crippen molar-refractivity contribution in [1.82, 2.24) is 15.1 Å². The SMILES string of the molecule is CCOC(=O)C12CN(C(=O)C3CCCS3)CC1(C(F)(F)F)CN(C(=O)C(C)(C)NC(C)=O)C2. The van der Waals surface area contributed by atoms with E-state index < -0.39 is 77.7 Å². The Hall–Kier alpha value is -1.98. The quantitative estimate of drug-likeness (QED) is 0.585. The van der Waals surface area contributed by atoms with Crippen molar-refractivity contribution in [3.8, 4) is 0 Å². The number of hydrogen-bond donors (Lipinski definition) is 1. The fourth-order valence-corrected chi connectivity index (χ4v) is 6.57. The minimum atomic E-state index is -4.88. The molecule has 0 aromatic carbocycles. The van der Waals surface area contributed by atoms with Crippen molar-refractivity contribution in [1.29, 1.82) is 0 Å². The molecule has 0 aromatic heterocycles. The first-order chi connectivity index (χ1) is 15.2. The minimum absolute atomic E-state index is 0.133. The largest absolute Gasteiger partial charge is 0.465 e. The Bertz CT molecular complexity index is 845. The molecule has 0 saturated carbocycles. The molecule has 33 heavy (non-hydrogen) atoms. The van der Waals surface area contributed by atoms with Crippen LogP contribution in [0.15, 0.2) is 0 Å². The molecule has 3 amide bonds. The zero-order chi connectivity index (χ0) is 24.8. The maximum atomic E-state index is 14.8. The molecule has 8 nitrogen and oxygen atoms in total. The lowest BCUT2D eigenvalue weighted by molar-refractivity contribution is -0.242. The van der Waals surface area contributed by atoms with Crippen LogP contribution in [0.1, 0.15) is 40.5 Å². The Morgan fingerprint density at radius 1 is 1.09 bits per heavy atom. The maximum absolute atomic E-state index is 14.8. The number of likely N-dealkylation sites (tertiary alicyclic amines) is 2. The lowest BCUT2D eigenvalue weighted by Gasteiger charge is -2.36. The Balaban J connectivity index is 2.02. The third-order valence-electron chi connectivity index (χ3n) is 6.80. The second-order valence-corrected chi connectivity index (χ2v) is 10.9. The molecule has 0 aromatic rings. The molecule has 3 aliphatic rings. The van der Waals surface area contributed by atoms with Gasteiger partial charge in [0.2, 0.25) is 17.7 Å². The highest BCUT2D eigenvalue weighted by Crippen LogP contribution is 2.61. The van der Waals surface area contributed by atoms with Gasteiger partial charge in [0.1, 0.15) is 16.4 Å². The number of esters is 1. The number of thioether (sulfide) groups is 1. The van der Waals surface area contributed by atoms with Crippen LogP contribution in [0.3, 0.4) is 0 Å². The first-order valence-corrected chi connectivity index (χ1v) is 12.0. The van der Waals surface area contributed by atoms with E-state index in [0.29, 0.717) is 6.42 Å². The van der Waals surface area contributed by atoms with Crippen LogP contribution in [0.4, 0.5) is 13.2 Å². The van der Waals surface area contributed by atoms with Gasteiger partial charge in [-0.3, -0.25) is 19.2 Å². The standard InChI is InChI=1S/C21H30F3N3O5S/c1-5-32-17(31)19-9-26(15(29)14-7-6-8-33-14)11-20(19,21(22,23)24)12-27(10-19)16(30)18(3,4)25-13(2)28/h14H,5-12H2,1-4H3,(H,25,28). The number of halogens is 3. The number of carbonyl (C=O) groups excluding carboxylic acids is 4. The number of fused-ring (bicyclic) bond motifs is 1. The van der Waals surface area contributed by atoms with Crippen LogP contribution in [0.25, 0.3) is 0 Å². The molecule has 0 bridgehead atoms. The van der Waals surface area contributed by atoms with Crippen molar-refractivity contribution in [2.75, 3.05) is 38.5 Å². The lowest BCUT2D eigenvalue weighted by atomic mass is 9.67. The summed E-state index contributed by atoms with van der Waals surface area (Å²) >= 11 is 1.41. The smallest absolute Gasteiger partial charge is 0.399 e. The number of carbonyl (C=O) groups is 4. The summed E-state index contributed by atoms with van der Waals surface area (Å²) in [5.41, 5.74) is -6.27. The fraction of sp³-hybridized carbons (Fsp3) is 0.810. The van der Waals surface area contributed by atoms with Crippen LogP contribution < -0.4 is 5.32 Å². The number of ether oxygens (including phenoxy) is 1. The van der Waals surface area contributed by atoms with Gasteiger partial charge in [0, 0.05) is 33.1 Å². The third kappa shape index (κ3) is 4.19. The van der Waals surface area contributed by atoms with Gasteiger partial charge in [-0.15, -0.1) is 11.8 Å². The summed E-state index contributed by atoms with van der Waals surface area (Å²) in [6.07, 6.45) is -3.49. The van der Waals surface area contributed by atoms with E-state index >= 15 is 0 Å². The van der Waals surface area contributed by atoms with Gasteiger partial charge in [-0.1, -0.05) is 0 Å². The van der Waals surface area contributed by atoms with Crippen LogP contribution in [0, 0.1) is 10.8 Å². The zero-order valence-corrected chi connectivity index (χ0v) is 20.0. The van der Waals surface area contributed by atoms with Crippen LogP contribution in [-0.2, 0) is 23.9 Å². The van der Waals surface area contributed by atoms with Gasteiger partial charge >= 0.3 is 12.1 Å². The predicted octanol–water partition coefficient (Wildman–Crippen LogP) is 1.58. The van der Waals surface area contributed by atoms with Crippen molar-refractivity contribution < 1.29 is 37.1 Å². The van der Waals surface area contributed by atoms with Gasteiger partial charge in [0.05, 0.1) is 11.9 Å². The summed E-state index contributed by atoms with van der Waals surface area (Å²) in [6.45, 7) is 2.84. The molecule has 3 rings (SSSR count). The van der Waals surface area contributed by atoms with E-state index in [9.17, 15) is 32.3 Å². The first kappa shape index (κ1) is 25.6. The molecule has 186 valence electrons. The van der Waals surface area contributed by atoms with Crippen LogP contribution >= 0.6 is 11.8 Å². The summed E-state index contributed by atoms with van der Waals surface area (Å²) in [7, 11) is 0. The lowest BCUT2D eigenvalue weighted by Crippen LogP contribution is -2.56. The van der Waals surface area contributed by atoms with E-state index in [1.807, 2.05) is 0 Å². The highest BCUT2D eigenvalue weighted by Gasteiger charge is 2.79. The van der Waals surface area contributed by atoms with Gasteiger partial charge in [-0.05, 0) is 39.4 Å². The van der Waals surface area contributed by atoms with Gasteiger partial charge in [0.25, 0.3) is 0 Å². The maximum Gasteiger partial charge on any atom is 0.399 e. The number of nitrogens with zero attached hydrogens (tertiary/aromatic N) is 2. The molecule has 0 radical (unpaired) electrons. The number of nitrogens with one attached hydrogen (secondary N) is 1. The van der Waals surface area contributed by atoms with E-state index in [-0.39, 0.29) is 6.61 Å². The van der Waals surface area contributed by atoms with Gasteiger partial charge < -0.3 is 19.9 Å². The molecule has 3 unspecified atom stereocenters. The number of alkyl halides is 3. The van der Waals surface area contributed by atoms with Crippen LogP contribution in [-0.4, -0.2) is 89.0 Å². The molecule has 0 aliphatic carbocycles. The van der Waals surface area contributed by atoms with Crippen molar-refractivity contribution in [2.24, 2.45) is 10.8 Å². The normalized spacial score (nSPS) is 29.7. The third-order valence-corrected chi connectivity index (χ3v) is 8.16. The molecule has 12 heteroatoms. The Morgan fingerprint density at radius 3 is 2.21 bits per heavy atom. The monoisotopic (exact) mass is 493 g/mol. The highest BCUT2D eigenvalue weighted by molar-refractivity contribution is 8.00. The molecule has 3 aliphatic heterocycles. The summed E-state index contributed by atoms with van der Waals surface area (Å²) in [6, 6.07) is 0. The van der Waals surface area contributed by atoms with Crippen molar-refractivity contribution in [3.05, 3.63) is 0 Å². The Labute approximate surface area is 194 Å². The number of rotatable bonds is 5. The minimum Gasteiger partial charge on any atom is -0.465 e. The van der Waals surface area contributed by atoms with E-state index in [4.69, 9.17) is 4.74 Å². The van der Waals surface area contributed by atoms with Gasteiger partial charge in [-0.25, -0.2) is 0 Å². The topological polar surface area (TPSA) is 96.0 Å². The Kier molecular flexibility index (Phi) is 6.73. The van der Waals surface area contributed by atoms with Gasteiger partial charge in [0.15, 0.2) is 0 Å². The van der Waals surface area contributed by atoms with E-state index in [2.05, 4.69) is 5.32 Å². The second-order valence-electron chi connectivity index (χ2n) is 9.55. The molecule has 3 atom stereocenters. The molecule has 3 fully saturated rings. The average molecular weight is 494 g/mol. The molecule has 3 saturated heterocycles. The molecular formula is C21H30F3N3O5S. The molecule has 0 spiro atoms. The predicted molar refractivity (Wildman–Crippen MR) is 114 cm³/mol. The molecule has 3 heterocycles. The number of hydrogen-bond acceptors (Lipinski definition) is 6. The second kappa shape index (κ2) is 8.66. The van der Waals surface area contributed by atoms with Crippen molar-refractivity contribution in [3.63, 3.8) is 0 Å². The molecule has 1 N–H and O–H groups in total. The summed E-state index contributed by atoms with van der Waals surface area (Å²) < 4.78 is 49.3. The average Bonchev–Trinajstić information content (AvgIpc) is 3.38.